The molecule has 1 aliphatic heterocycles. The monoisotopic (exact) mass is 427 g/mol. The molecule has 0 spiro atoms. The molecular formula is C23H29N3O5. The Hall–Kier alpha value is -3.10. The number of carbonyl (C=O) groups is 2. The summed E-state index contributed by atoms with van der Waals surface area (Å²) < 4.78 is 16.2. The summed E-state index contributed by atoms with van der Waals surface area (Å²) in [7, 11) is 1.58. The van der Waals surface area contributed by atoms with Gasteiger partial charge in [-0.25, -0.2) is 0 Å². The molecule has 1 atom stereocenters. The molecule has 3 N–H and O–H groups in total. The molecule has 8 nitrogen and oxygen atoms in total. The third-order valence-electron chi connectivity index (χ3n) is 4.79. The van der Waals surface area contributed by atoms with Gasteiger partial charge in [0, 0.05) is 37.2 Å². The Morgan fingerprint density at radius 3 is 2.48 bits per heavy atom. The number of nitrogens with one attached hydrogen (secondary N) is 3. The number of hydrogen-bond acceptors (Lipinski definition) is 6. The van der Waals surface area contributed by atoms with Gasteiger partial charge in [0.15, 0.2) is 0 Å². The largest absolute Gasteiger partial charge is 0.491 e. The molecular weight excluding hydrogens is 398 g/mol. The van der Waals surface area contributed by atoms with E-state index in [1.165, 1.54) is 0 Å². The van der Waals surface area contributed by atoms with E-state index < -0.39 is 0 Å². The van der Waals surface area contributed by atoms with Gasteiger partial charge in [-0.2, -0.15) is 0 Å². The van der Waals surface area contributed by atoms with Gasteiger partial charge in [-0.1, -0.05) is 0 Å². The standard InChI is InChI=1S/C23H29N3O5/c1-29-14-12-24-23(28)17-4-6-18(7-5-17)25-15-22(27)26-19-8-10-20(11-9-19)31-16-21-3-2-13-30-21/h4-11,21,25H,2-3,12-16H2,1H3,(H,24,28)(H,26,27). The molecule has 0 radical (unpaired) electrons. The number of hydrogen-bond donors (Lipinski definition) is 3. The number of benzene rings is 2. The molecule has 8 heteroatoms. The fourth-order valence-electron chi connectivity index (χ4n) is 3.10. The molecule has 2 aromatic carbocycles. The van der Waals surface area contributed by atoms with E-state index in [0.29, 0.717) is 31.0 Å². The third-order valence-corrected chi connectivity index (χ3v) is 4.79. The lowest BCUT2D eigenvalue weighted by Crippen LogP contribution is -2.26. The summed E-state index contributed by atoms with van der Waals surface area (Å²) in [6.07, 6.45) is 2.29. The highest BCUT2D eigenvalue weighted by Crippen LogP contribution is 2.18. The molecule has 1 fully saturated rings. The molecule has 0 saturated carbocycles. The number of rotatable bonds is 11. The van der Waals surface area contributed by atoms with E-state index >= 15 is 0 Å². The van der Waals surface area contributed by atoms with Crippen molar-refractivity contribution in [3.63, 3.8) is 0 Å². The number of carbonyl (C=O) groups excluding carboxylic acids is 2. The van der Waals surface area contributed by atoms with Crippen molar-refractivity contribution in [1.82, 2.24) is 5.32 Å². The fraction of sp³-hybridized carbons (Fsp3) is 0.391. The molecule has 0 aliphatic carbocycles. The third kappa shape index (κ3) is 7.58. The summed E-state index contributed by atoms with van der Waals surface area (Å²) in [6, 6.07) is 14.2. The molecule has 1 aliphatic rings. The second-order valence-electron chi connectivity index (χ2n) is 7.20. The number of ether oxygens (including phenoxy) is 3. The van der Waals surface area contributed by atoms with Crippen LogP contribution < -0.4 is 20.7 Å². The fourth-order valence-corrected chi connectivity index (χ4v) is 3.10. The van der Waals surface area contributed by atoms with Crippen LogP contribution in [0.4, 0.5) is 11.4 Å². The topological polar surface area (TPSA) is 97.9 Å². The first-order valence-corrected chi connectivity index (χ1v) is 10.4. The summed E-state index contributed by atoms with van der Waals surface area (Å²) in [6.45, 7) is 2.38. The van der Waals surface area contributed by atoms with E-state index in [-0.39, 0.29) is 24.5 Å². The maximum absolute atomic E-state index is 12.2. The zero-order chi connectivity index (χ0) is 21.9. The Morgan fingerprint density at radius 1 is 1.06 bits per heavy atom. The number of anilines is 2. The quantitative estimate of drug-likeness (QED) is 0.477. The molecule has 2 aromatic rings. The van der Waals surface area contributed by atoms with E-state index in [1.807, 2.05) is 12.1 Å². The predicted octanol–water partition coefficient (Wildman–Crippen LogP) is 2.67. The van der Waals surface area contributed by atoms with Crippen LogP contribution in [-0.2, 0) is 14.3 Å². The van der Waals surface area contributed by atoms with Crippen molar-refractivity contribution >= 4 is 23.2 Å². The number of methoxy groups -OCH3 is 1. The summed E-state index contributed by atoms with van der Waals surface area (Å²) in [5.41, 5.74) is 1.99. The zero-order valence-corrected chi connectivity index (χ0v) is 17.7. The van der Waals surface area contributed by atoms with Gasteiger partial charge in [0.1, 0.15) is 12.4 Å². The van der Waals surface area contributed by atoms with Crippen LogP contribution in [0.5, 0.6) is 5.75 Å². The summed E-state index contributed by atoms with van der Waals surface area (Å²) >= 11 is 0. The van der Waals surface area contributed by atoms with Crippen LogP contribution in [0.1, 0.15) is 23.2 Å². The molecule has 3 rings (SSSR count). The van der Waals surface area contributed by atoms with Crippen molar-refractivity contribution in [3.05, 3.63) is 54.1 Å². The molecule has 1 saturated heterocycles. The molecule has 1 unspecified atom stereocenters. The van der Waals surface area contributed by atoms with Crippen LogP contribution in [0.25, 0.3) is 0 Å². The highest BCUT2D eigenvalue weighted by Gasteiger charge is 2.16. The Kier molecular flexibility index (Phi) is 8.69. The molecule has 166 valence electrons. The van der Waals surface area contributed by atoms with Crippen LogP contribution in [0.2, 0.25) is 0 Å². The Labute approximate surface area is 182 Å². The lowest BCUT2D eigenvalue weighted by molar-refractivity contribution is -0.114. The first-order valence-electron chi connectivity index (χ1n) is 10.4. The highest BCUT2D eigenvalue weighted by molar-refractivity contribution is 5.95. The average molecular weight is 428 g/mol. The van der Waals surface area contributed by atoms with Gasteiger partial charge in [0.05, 0.1) is 19.3 Å². The average Bonchev–Trinajstić information content (AvgIpc) is 3.31. The predicted molar refractivity (Wildman–Crippen MR) is 119 cm³/mol. The van der Waals surface area contributed by atoms with Crippen LogP contribution in [0, 0.1) is 0 Å². The summed E-state index contributed by atoms with van der Waals surface area (Å²) in [4.78, 5) is 24.2. The number of amides is 2. The first kappa shape index (κ1) is 22.6. The van der Waals surface area contributed by atoms with Gasteiger partial charge >= 0.3 is 0 Å². The molecule has 0 aromatic heterocycles. The van der Waals surface area contributed by atoms with Gasteiger partial charge in [-0.05, 0) is 61.4 Å². The normalized spacial score (nSPS) is 15.3. The van der Waals surface area contributed by atoms with Gasteiger partial charge in [-0.3, -0.25) is 9.59 Å². The highest BCUT2D eigenvalue weighted by atomic mass is 16.5. The Morgan fingerprint density at radius 2 is 1.81 bits per heavy atom. The van der Waals surface area contributed by atoms with Gasteiger partial charge in [0.25, 0.3) is 5.91 Å². The van der Waals surface area contributed by atoms with Crippen LogP contribution in [0.15, 0.2) is 48.5 Å². The molecule has 1 heterocycles. The Bertz CT molecular complexity index is 833. The maximum atomic E-state index is 12.2. The second-order valence-corrected chi connectivity index (χ2v) is 7.20. The minimum absolute atomic E-state index is 0.108. The van der Waals surface area contributed by atoms with E-state index in [0.717, 1.165) is 30.9 Å². The Balaban J connectivity index is 1.38. The zero-order valence-electron chi connectivity index (χ0n) is 17.7. The maximum Gasteiger partial charge on any atom is 0.251 e. The van der Waals surface area contributed by atoms with E-state index in [1.54, 1.807) is 43.5 Å². The van der Waals surface area contributed by atoms with Gasteiger partial charge < -0.3 is 30.2 Å². The van der Waals surface area contributed by atoms with Crippen molar-refractivity contribution in [1.29, 1.82) is 0 Å². The van der Waals surface area contributed by atoms with Gasteiger partial charge in [0.2, 0.25) is 5.91 Å². The summed E-state index contributed by atoms with van der Waals surface area (Å²) in [5.74, 6) is 0.414. The van der Waals surface area contributed by atoms with Crippen LogP contribution in [-0.4, -0.2) is 57.9 Å². The van der Waals surface area contributed by atoms with Crippen LogP contribution >= 0.6 is 0 Å². The lowest BCUT2D eigenvalue weighted by atomic mass is 10.2. The van der Waals surface area contributed by atoms with Crippen molar-refractivity contribution < 1.29 is 23.8 Å². The van der Waals surface area contributed by atoms with Crippen molar-refractivity contribution in [3.8, 4) is 5.75 Å². The SMILES string of the molecule is COCCNC(=O)c1ccc(NCC(=O)Nc2ccc(OCC3CCCO3)cc2)cc1. The van der Waals surface area contributed by atoms with Crippen LogP contribution in [0.3, 0.4) is 0 Å². The van der Waals surface area contributed by atoms with E-state index in [9.17, 15) is 9.59 Å². The second kappa shape index (κ2) is 11.9. The minimum atomic E-state index is -0.172. The summed E-state index contributed by atoms with van der Waals surface area (Å²) in [5, 5.41) is 8.64. The molecule has 0 bridgehead atoms. The van der Waals surface area contributed by atoms with E-state index in [4.69, 9.17) is 14.2 Å². The minimum Gasteiger partial charge on any atom is -0.491 e. The van der Waals surface area contributed by atoms with E-state index in [2.05, 4.69) is 16.0 Å². The molecule has 31 heavy (non-hydrogen) atoms. The lowest BCUT2D eigenvalue weighted by Gasteiger charge is -2.12. The first-order chi connectivity index (χ1) is 15.1. The van der Waals surface area contributed by atoms with Crippen molar-refractivity contribution in [2.45, 2.75) is 18.9 Å². The molecule has 2 amide bonds. The van der Waals surface area contributed by atoms with Crippen molar-refractivity contribution in [2.24, 2.45) is 0 Å². The smallest absolute Gasteiger partial charge is 0.251 e. The van der Waals surface area contributed by atoms with Crippen molar-refractivity contribution in [2.75, 3.05) is 50.7 Å². The van der Waals surface area contributed by atoms with Gasteiger partial charge in [-0.15, -0.1) is 0 Å².